The number of benzene rings is 1. The highest BCUT2D eigenvalue weighted by atomic mass is 127. The van der Waals surface area contributed by atoms with E-state index in [4.69, 9.17) is 0 Å². The average Bonchev–Trinajstić information content (AvgIpc) is 2.34. The van der Waals surface area contributed by atoms with Crippen molar-refractivity contribution in [3.63, 3.8) is 0 Å². The maximum atomic E-state index is 4.28. The van der Waals surface area contributed by atoms with Crippen molar-refractivity contribution >= 4 is 22.6 Å². The predicted molar refractivity (Wildman–Crippen MR) is 78.7 cm³/mol. The number of nitrogens with zero attached hydrogens (tertiary/aromatic N) is 1. The van der Waals surface area contributed by atoms with E-state index in [1.165, 1.54) is 14.7 Å². The van der Waals surface area contributed by atoms with Crippen molar-refractivity contribution < 1.29 is 0 Å². The molecule has 2 rings (SSSR count). The lowest BCUT2D eigenvalue weighted by Gasteiger charge is -2.05. The third kappa shape index (κ3) is 4.09. The Kier molecular flexibility index (Phi) is 4.50. The van der Waals surface area contributed by atoms with Gasteiger partial charge in [0.25, 0.3) is 0 Å². The minimum atomic E-state index is 0.860. The van der Waals surface area contributed by atoms with Gasteiger partial charge in [0.05, 0.1) is 0 Å². The Hall–Kier alpha value is -0.940. The quantitative estimate of drug-likeness (QED) is 0.866. The van der Waals surface area contributed by atoms with E-state index in [1.54, 1.807) is 0 Å². The molecule has 0 aliphatic heterocycles. The van der Waals surface area contributed by atoms with E-state index in [2.05, 4.69) is 63.2 Å². The van der Waals surface area contributed by atoms with E-state index < -0.39 is 0 Å². The summed E-state index contributed by atoms with van der Waals surface area (Å²) in [5, 5.41) is 3.41. The van der Waals surface area contributed by atoms with E-state index in [1.807, 2.05) is 19.2 Å². The molecule has 0 atom stereocenters. The fraction of sp³-hybridized carbons (Fsp3) is 0.214. The summed E-state index contributed by atoms with van der Waals surface area (Å²) >= 11 is 2.32. The van der Waals surface area contributed by atoms with Gasteiger partial charge >= 0.3 is 0 Å². The van der Waals surface area contributed by atoms with Gasteiger partial charge in [-0.05, 0) is 58.8 Å². The number of hydrogen-bond acceptors (Lipinski definition) is 2. The first-order valence-corrected chi connectivity index (χ1v) is 6.68. The average molecular weight is 338 g/mol. The van der Waals surface area contributed by atoms with Gasteiger partial charge in [0.15, 0.2) is 0 Å². The van der Waals surface area contributed by atoms with Gasteiger partial charge in [-0.15, -0.1) is 0 Å². The van der Waals surface area contributed by atoms with Gasteiger partial charge in [-0.3, -0.25) is 4.98 Å². The number of aromatic nitrogens is 1. The van der Waals surface area contributed by atoms with Crippen LogP contribution in [0.15, 0.2) is 42.6 Å². The molecule has 2 aromatic rings. The summed E-state index contributed by atoms with van der Waals surface area (Å²) < 4.78 is 1.27. The molecule has 1 N–H and O–H groups in total. The van der Waals surface area contributed by atoms with Crippen molar-refractivity contribution in [2.24, 2.45) is 0 Å². The van der Waals surface area contributed by atoms with Crippen LogP contribution in [-0.2, 0) is 13.1 Å². The van der Waals surface area contributed by atoms with E-state index >= 15 is 0 Å². The topological polar surface area (TPSA) is 24.9 Å². The normalized spacial score (nSPS) is 10.5. The van der Waals surface area contributed by atoms with Crippen molar-refractivity contribution in [1.29, 1.82) is 0 Å². The fourth-order valence-corrected chi connectivity index (χ4v) is 1.92. The second-order valence-corrected chi connectivity index (χ2v) is 5.28. The number of nitrogens with one attached hydrogen (secondary N) is 1. The van der Waals surface area contributed by atoms with Crippen LogP contribution in [-0.4, -0.2) is 4.98 Å². The maximum Gasteiger partial charge on any atom is 0.0372 e. The number of pyridine rings is 1. The van der Waals surface area contributed by atoms with Crippen LogP contribution in [0, 0.1) is 10.5 Å². The zero-order chi connectivity index (χ0) is 12.1. The number of hydrogen-bond donors (Lipinski definition) is 1. The van der Waals surface area contributed by atoms with E-state index in [9.17, 15) is 0 Å². The van der Waals surface area contributed by atoms with Crippen LogP contribution < -0.4 is 5.32 Å². The summed E-state index contributed by atoms with van der Waals surface area (Å²) in [6.45, 7) is 3.76. The molecule has 1 aromatic heterocycles. The van der Waals surface area contributed by atoms with Crippen LogP contribution in [0.5, 0.6) is 0 Å². The van der Waals surface area contributed by atoms with Gasteiger partial charge in [0.2, 0.25) is 0 Å². The van der Waals surface area contributed by atoms with Crippen LogP contribution >= 0.6 is 22.6 Å². The smallest absolute Gasteiger partial charge is 0.0372 e. The molecule has 0 aliphatic rings. The lowest BCUT2D eigenvalue weighted by molar-refractivity contribution is 0.691. The van der Waals surface area contributed by atoms with Crippen molar-refractivity contribution in [1.82, 2.24) is 10.3 Å². The zero-order valence-corrected chi connectivity index (χ0v) is 11.9. The molecular weight excluding hydrogens is 323 g/mol. The van der Waals surface area contributed by atoms with Gasteiger partial charge in [0, 0.05) is 28.6 Å². The Labute approximate surface area is 116 Å². The molecule has 0 aliphatic carbocycles. The Balaban J connectivity index is 1.83. The Bertz CT molecular complexity index is 417. The van der Waals surface area contributed by atoms with Gasteiger partial charge < -0.3 is 5.32 Å². The van der Waals surface area contributed by atoms with Crippen molar-refractivity contribution in [2.45, 2.75) is 20.0 Å². The summed E-state index contributed by atoms with van der Waals surface area (Å²) in [7, 11) is 0. The molecule has 2 nitrogen and oxygen atoms in total. The summed E-state index contributed by atoms with van der Waals surface area (Å²) in [5.41, 5.74) is 3.60. The predicted octanol–water partition coefficient (Wildman–Crippen LogP) is 3.28. The minimum absolute atomic E-state index is 0.860. The molecule has 17 heavy (non-hydrogen) atoms. The van der Waals surface area contributed by atoms with Crippen molar-refractivity contribution in [3.8, 4) is 0 Å². The molecule has 0 saturated carbocycles. The van der Waals surface area contributed by atoms with E-state index in [-0.39, 0.29) is 0 Å². The first kappa shape index (κ1) is 12.5. The second-order valence-electron chi connectivity index (χ2n) is 4.04. The Morgan fingerprint density at radius 3 is 2.29 bits per heavy atom. The van der Waals surface area contributed by atoms with Crippen molar-refractivity contribution in [3.05, 3.63) is 63.0 Å². The van der Waals surface area contributed by atoms with Crippen LogP contribution in [0.25, 0.3) is 0 Å². The third-order valence-electron chi connectivity index (χ3n) is 2.54. The van der Waals surface area contributed by atoms with Gasteiger partial charge in [-0.1, -0.05) is 18.2 Å². The largest absolute Gasteiger partial charge is 0.309 e. The van der Waals surface area contributed by atoms with Crippen LogP contribution in [0.2, 0.25) is 0 Å². The SMILES string of the molecule is Cc1ccc(CNCc2ccc(I)cc2)cn1. The summed E-state index contributed by atoms with van der Waals surface area (Å²) in [6, 6.07) is 12.7. The number of halogens is 1. The summed E-state index contributed by atoms with van der Waals surface area (Å²) in [5.74, 6) is 0. The summed E-state index contributed by atoms with van der Waals surface area (Å²) in [6.07, 6.45) is 1.93. The molecule has 1 heterocycles. The summed E-state index contributed by atoms with van der Waals surface area (Å²) in [4.78, 5) is 4.28. The van der Waals surface area contributed by atoms with Gasteiger partial charge in [-0.25, -0.2) is 0 Å². The lowest BCUT2D eigenvalue weighted by Crippen LogP contribution is -2.12. The first-order chi connectivity index (χ1) is 8.24. The van der Waals surface area contributed by atoms with Crippen LogP contribution in [0.3, 0.4) is 0 Å². The monoisotopic (exact) mass is 338 g/mol. The van der Waals surface area contributed by atoms with Crippen LogP contribution in [0.4, 0.5) is 0 Å². The Morgan fingerprint density at radius 2 is 1.65 bits per heavy atom. The highest BCUT2D eigenvalue weighted by Crippen LogP contribution is 2.06. The zero-order valence-electron chi connectivity index (χ0n) is 9.78. The minimum Gasteiger partial charge on any atom is -0.309 e. The van der Waals surface area contributed by atoms with Crippen molar-refractivity contribution in [2.75, 3.05) is 0 Å². The Morgan fingerprint density at radius 1 is 1.00 bits per heavy atom. The number of rotatable bonds is 4. The highest BCUT2D eigenvalue weighted by molar-refractivity contribution is 14.1. The standard InChI is InChI=1S/C14H15IN2/c1-11-2-3-13(10-17-11)9-16-8-12-4-6-14(15)7-5-12/h2-7,10,16H,8-9H2,1H3. The number of aryl methyl sites for hydroxylation is 1. The fourth-order valence-electron chi connectivity index (χ4n) is 1.56. The van der Waals surface area contributed by atoms with Crippen LogP contribution in [0.1, 0.15) is 16.8 Å². The molecule has 0 amide bonds. The first-order valence-electron chi connectivity index (χ1n) is 5.61. The van der Waals surface area contributed by atoms with E-state index in [0.717, 1.165) is 18.8 Å². The van der Waals surface area contributed by atoms with Gasteiger partial charge in [0.1, 0.15) is 0 Å². The molecule has 0 bridgehead atoms. The van der Waals surface area contributed by atoms with Gasteiger partial charge in [-0.2, -0.15) is 0 Å². The molecular formula is C14H15IN2. The molecule has 1 aromatic carbocycles. The van der Waals surface area contributed by atoms with E-state index in [0.29, 0.717) is 0 Å². The molecule has 0 saturated heterocycles. The molecule has 0 radical (unpaired) electrons. The maximum absolute atomic E-state index is 4.28. The molecule has 88 valence electrons. The lowest BCUT2D eigenvalue weighted by atomic mass is 10.2. The highest BCUT2D eigenvalue weighted by Gasteiger charge is 1.95. The third-order valence-corrected chi connectivity index (χ3v) is 3.26. The second kappa shape index (κ2) is 6.12. The molecule has 0 fully saturated rings. The molecule has 3 heteroatoms. The molecule has 0 spiro atoms. The molecule has 0 unspecified atom stereocenters.